The van der Waals surface area contributed by atoms with Crippen LogP contribution in [0.3, 0.4) is 0 Å². The first kappa shape index (κ1) is 18.2. The first-order valence-corrected chi connectivity index (χ1v) is 9.16. The van der Waals surface area contributed by atoms with Crippen molar-refractivity contribution in [3.8, 4) is 5.69 Å². The number of benzene rings is 1. The lowest BCUT2D eigenvalue weighted by Gasteiger charge is -2.37. The van der Waals surface area contributed by atoms with E-state index in [1.165, 1.54) is 0 Å². The van der Waals surface area contributed by atoms with Crippen molar-refractivity contribution in [3.63, 3.8) is 0 Å². The number of rotatable bonds is 6. The molecule has 1 aliphatic rings. The largest absolute Gasteiger partial charge is 0.480 e. The zero-order chi connectivity index (χ0) is 18.6. The van der Waals surface area contributed by atoms with E-state index in [1.54, 1.807) is 17.1 Å². The van der Waals surface area contributed by atoms with Gasteiger partial charge in [-0.1, -0.05) is 31.5 Å². The maximum Gasteiger partial charge on any atom is 0.329 e. The van der Waals surface area contributed by atoms with Gasteiger partial charge in [0.15, 0.2) is 0 Å². The second kappa shape index (κ2) is 7.72. The number of carbonyl (C=O) groups is 2. The first-order valence-electron chi connectivity index (χ1n) is 9.16. The maximum absolute atomic E-state index is 12.5. The predicted octanol–water partition coefficient (Wildman–Crippen LogP) is 2.95. The topological polar surface area (TPSA) is 84.2 Å². The van der Waals surface area contributed by atoms with Crippen LogP contribution in [-0.4, -0.2) is 32.3 Å². The molecule has 0 bridgehead atoms. The third kappa shape index (κ3) is 3.95. The lowest BCUT2D eigenvalue weighted by atomic mass is 9.75. The Kier molecular flexibility index (Phi) is 5.40. The third-order valence-corrected chi connectivity index (χ3v) is 5.35. The highest BCUT2D eigenvalue weighted by Gasteiger charge is 2.42. The molecule has 1 aromatic heterocycles. The first-order chi connectivity index (χ1) is 12.5. The molecule has 138 valence electrons. The fraction of sp³-hybridized carbons (Fsp3) is 0.450. The number of aromatic nitrogens is 2. The van der Waals surface area contributed by atoms with Crippen molar-refractivity contribution in [2.45, 2.75) is 51.0 Å². The SMILES string of the molecule is CCC1CCC(NC(=O)Cc2cnn(-c3ccccc3)c2)(C(=O)O)CC1. The molecule has 26 heavy (non-hydrogen) atoms. The molecule has 3 rings (SSSR count). The quantitative estimate of drug-likeness (QED) is 0.834. The van der Waals surface area contributed by atoms with Crippen LogP contribution in [0.2, 0.25) is 0 Å². The van der Waals surface area contributed by atoms with Crippen LogP contribution in [0, 0.1) is 5.92 Å². The molecule has 1 aromatic carbocycles. The van der Waals surface area contributed by atoms with Crippen LogP contribution < -0.4 is 5.32 Å². The summed E-state index contributed by atoms with van der Waals surface area (Å²) in [7, 11) is 0. The molecule has 1 aliphatic carbocycles. The Balaban J connectivity index is 1.64. The molecule has 1 heterocycles. The Hall–Kier alpha value is -2.63. The minimum absolute atomic E-state index is 0.124. The van der Waals surface area contributed by atoms with Gasteiger partial charge in [-0.3, -0.25) is 4.79 Å². The van der Waals surface area contributed by atoms with Gasteiger partial charge in [-0.25, -0.2) is 9.48 Å². The Labute approximate surface area is 153 Å². The van der Waals surface area contributed by atoms with Gasteiger partial charge in [0.05, 0.1) is 18.3 Å². The van der Waals surface area contributed by atoms with Crippen molar-refractivity contribution >= 4 is 11.9 Å². The Morgan fingerprint density at radius 2 is 1.96 bits per heavy atom. The average Bonchev–Trinajstić information content (AvgIpc) is 3.11. The Morgan fingerprint density at radius 1 is 1.27 bits per heavy atom. The molecule has 1 amide bonds. The molecular formula is C20H25N3O3. The van der Waals surface area contributed by atoms with Crippen molar-refractivity contribution in [1.82, 2.24) is 15.1 Å². The van der Waals surface area contributed by atoms with Gasteiger partial charge < -0.3 is 10.4 Å². The second-order valence-corrected chi connectivity index (χ2v) is 7.09. The van der Waals surface area contributed by atoms with E-state index in [0.717, 1.165) is 30.5 Å². The van der Waals surface area contributed by atoms with Crippen LogP contribution in [0.1, 0.15) is 44.6 Å². The maximum atomic E-state index is 12.5. The van der Waals surface area contributed by atoms with E-state index >= 15 is 0 Å². The summed E-state index contributed by atoms with van der Waals surface area (Å²) < 4.78 is 1.71. The number of carbonyl (C=O) groups excluding carboxylic acids is 1. The summed E-state index contributed by atoms with van der Waals surface area (Å²) in [6.45, 7) is 2.13. The summed E-state index contributed by atoms with van der Waals surface area (Å²) in [5.41, 5.74) is 0.547. The molecule has 2 aromatic rings. The predicted molar refractivity (Wildman–Crippen MR) is 98.0 cm³/mol. The fourth-order valence-electron chi connectivity index (χ4n) is 3.64. The van der Waals surface area contributed by atoms with Gasteiger partial charge in [-0.2, -0.15) is 5.10 Å². The van der Waals surface area contributed by atoms with E-state index in [9.17, 15) is 14.7 Å². The third-order valence-electron chi connectivity index (χ3n) is 5.35. The van der Waals surface area contributed by atoms with Gasteiger partial charge >= 0.3 is 5.97 Å². The molecule has 6 nitrogen and oxygen atoms in total. The molecule has 0 unspecified atom stereocenters. The summed E-state index contributed by atoms with van der Waals surface area (Å²) in [5.74, 6) is -0.640. The van der Waals surface area contributed by atoms with Gasteiger partial charge in [-0.05, 0) is 49.3 Å². The minimum atomic E-state index is -1.13. The van der Waals surface area contributed by atoms with Crippen LogP contribution in [0.5, 0.6) is 0 Å². The second-order valence-electron chi connectivity index (χ2n) is 7.09. The molecule has 2 N–H and O–H groups in total. The monoisotopic (exact) mass is 355 g/mol. The summed E-state index contributed by atoms with van der Waals surface area (Å²) >= 11 is 0. The zero-order valence-electron chi connectivity index (χ0n) is 15.0. The van der Waals surface area contributed by atoms with Crippen LogP contribution in [0.15, 0.2) is 42.7 Å². The number of hydrogen-bond donors (Lipinski definition) is 2. The Bertz CT molecular complexity index is 762. The zero-order valence-corrected chi connectivity index (χ0v) is 15.0. The number of para-hydroxylation sites is 1. The molecule has 0 atom stereocenters. The highest BCUT2D eigenvalue weighted by molar-refractivity contribution is 5.88. The van der Waals surface area contributed by atoms with E-state index in [-0.39, 0.29) is 12.3 Å². The molecule has 1 saturated carbocycles. The van der Waals surface area contributed by atoms with E-state index in [2.05, 4.69) is 17.3 Å². The van der Waals surface area contributed by atoms with Gasteiger partial charge in [0.25, 0.3) is 0 Å². The number of amides is 1. The molecule has 6 heteroatoms. The minimum Gasteiger partial charge on any atom is -0.480 e. The van der Waals surface area contributed by atoms with E-state index in [4.69, 9.17) is 0 Å². The lowest BCUT2D eigenvalue weighted by Crippen LogP contribution is -2.56. The molecule has 0 saturated heterocycles. The number of carboxylic acids is 1. The van der Waals surface area contributed by atoms with Crippen molar-refractivity contribution in [1.29, 1.82) is 0 Å². The molecular weight excluding hydrogens is 330 g/mol. The molecule has 0 radical (unpaired) electrons. The summed E-state index contributed by atoms with van der Waals surface area (Å²) in [5, 5.41) is 16.8. The van der Waals surface area contributed by atoms with E-state index < -0.39 is 11.5 Å². The van der Waals surface area contributed by atoms with Gasteiger partial charge in [0.2, 0.25) is 5.91 Å². The number of nitrogens with one attached hydrogen (secondary N) is 1. The fourth-order valence-corrected chi connectivity index (χ4v) is 3.64. The normalized spacial score (nSPS) is 22.7. The van der Waals surface area contributed by atoms with Gasteiger partial charge in [-0.15, -0.1) is 0 Å². The van der Waals surface area contributed by atoms with Crippen LogP contribution >= 0.6 is 0 Å². The Morgan fingerprint density at radius 3 is 2.58 bits per heavy atom. The van der Waals surface area contributed by atoms with Crippen molar-refractivity contribution in [3.05, 3.63) is 48.3 Å². The number of aliphatic carboxylic acids is 1. The molecule has 0 aliphatic heterocycles. The number of nitrogens with zero attached hydrogens (tertiary/aromatic N) is 2. The van der Waals surface area contributed by atoms with Gasteiger partial charge in [0.1, 0.15) is 5.54 Å². The molecule has 1 fully saturated rings. The van der Waals surface area contributed by atoms with Crippen molar-refractivity contribution in [2.75, 3.05) is 0 Å². The highest BCUT2D eigenvalue weighted by atomic mass is 16.4. The molecule has 0 spiro atoms. The van der Waals surface area contributed by atoms with Crippen LogP contribution in [-0.2, 0) is 16.0 Å². The average molecular weight is 355 g/mol. The summed E-state index contributed by atoms with van der Waals surface area (Å²) in [6.07, 6.45) is 7.31. The number of carboxylic acid groups (broad SMARTS) is 1. The van der Waals surface area contributed by atoms with E-state index in [0.29, 0.717) is 18.8 Å². The van der Waals surface area contributed by atoms with Crippen LogP contribution in [0.4, 0.5) is 0 Å². The standard InChI is InChI=1S/C20H25N3O3/c1-2-15-8-10-20(11-9-15,19(25)26)22-18(24)12-16-13-21-23(14-16)17-6-4-3-5-7-17/h3-7,13-15H,2,8-12H2,1H3,(H,22,24)(H,25,26). The smallest absolute Gasteiger partial charge is 0.329 e. The van der Waals surface area contributed by atoms with Crippen LogP contribution in [0.25, 0.3) is 5.69 Å². The summed E-state index contributed by atoms with van der Waals surface area (Å²) in [4.78, 5) is 24.3. The summed E-state index contributed by atoms with van der Waals surface area (Å²) in [6, 6.07) is 9.64. The highest BCUT2D eigenvalue weighted by Crippen LogP contribution is 2.34. The van der Waals surface area contributed by atoms with Gasteiger partial charge in [0, 0.05) is 6.20 Å². The van der Waals surface area contributed by atoms with E-state index in [1.807, 2.05) is 30.3 Å². The number of hydrogen-bond acceptors (Lipinski definition) is 3. The lowest BCUT2D eigenvalue weighted by molar-refractivity contribution is -0.149. The van der Waals surface area contributed by atoms with Crippen molar-refractivity contribution in [2.24, 2.45) is 5.92 Å². The van der Waals surface area contributed by atoms with Crippen molar-refractivity contribution < 1.29 is 14.7 Å².